The number of nitrogens with one attached hydrogen (secondary N) is 3. The lowest BCUT2D eigenvalue weighted by Gasteiger charge is -2.32. The van der Waals surface area contributed by atoms with Gasteiger partial charge < -0.3 is 19.9 Å². The number of hydrogen-bond acceptors (Lipinski definition) is 5. The Morgan fingerprint density at radius 3 is 3.21 bits per heavy atom. The van der Waals surface area contributed by atoms with Crippen LogP contribution in [-0.4, -0.2) is 57.7 Å². The summed E-state index contributed by atoms with van der Waals surface area (Å²) in [7, 11) is 0. The SMILES string of the molecule is CCOC(=O)N1CCCC(NC(=O)Nc2cnc3[nH]ccc3n2)C1. The molecule has 9 nitrogen and oxygen atoms in total. The van der Waals surface area contributed by atoms with E-state index in [1.807, 2.05) is 0 Å². The third-order valence-corrected chi connectivity index (χ3v) is 3.78. The summed E-state index contributed by atoms with van der Waals surface area (Å²) < 4.78 is 5.00. The summed E-state index contributed by atoms with van der Waals surface area (Å²) in [6.45, 7) is 3.20. The molecule has 1 aliphatic heterocycles. The molecule has 3 heterocycles. The molecule has 3 N–H and O–H groups in total. The molecule has 0 bridgehead atoms. The number of H-pyrrole nitrogens is 1. The van der Waals surface area contributed by atoms with Crippen molar-refractivity contribution in [2.45, 2.75) is 25.8 Å². The molecule has 1 saturated heterocycles. The first-order valence-electron chi connectivity index (χ1n) is 7.95. The van der Waals surface area contributed by atoms with Gasteiger partial charge in [-0.1, -0.05) is 0 Å². The zero-order valence-corrected chi connectivity index (χ0v) is 13.4. The predicted octanol–water partition coefficient (Wildman–Crippen LogP) is 1.70. The van der Waals surface area contributed by atoms with Gasteiger partial charge in [-0.05, 0) is 25.8 Å². The second kappa shape index (κ2) is 7.16. The number of anilines is 1. The highest BCUT2D eigenvalue weighted by atomic mass is 16.6. The molecule has 1 fully saturated rings. The summed E-state index contributed by atoms with van der Waals surface area (Å²) in [6.07, 6.45) is 4.52. The Hall–Kier alpha value is -2.84. The molecule has 9 heteroatoms. The first kappa shape index (κ1) is 16.0. The van der Waals surface area contributed by atoms with Gasteiger partial charge in [-0.25, -0.2) is 19.6 Å². The first-order valence-corrected chi connectivity index (χ1v) is 7.95. The predicted molar refractivity (Wildman–Crippen MR) is 87.7 cm³/mol. The van der Waals surface area contributed by atoms with Crippen molar-refractivity contribution in [3.05, 3.63) is 18.5 Å². The molecule has 0 saturated carbocycles. The van der Waals surface area contributed by atoms with Gasteiger partial charge in [0.1, 0.15) is 5.52 Å². The zero-order chi connectivity index (χ0) is 16.9. The van der Waals surface area contributed by atoms with E-state index in [-0.39, 0.29) is 18.2 Å². The van der Waals surface area contributed by atoms with Crippen molar-refractivity contribution in [1.82, 2.24) is 25.2 Å². The largest absolute Gasteiger partial charge is 0.450 e. The second-order valence-electron chi connectivity index (χ2n) is 5.55. The Morgan fingerprint density at radius 1 is 1.50 bits per heavy atom. The molecule has 1 aliphatic rings. The highest BCUT2D eigenvalue weighted by molar-refractivity contribution is 5.89. The fraction of sp³-hybridized carbons (Fsp3) is 0.467. The van der Waals surface area contributed by atoms with Gasteiger partial charge >= 0.3 is 12.1 Å². The van der Waals surface area contributed by atoms with Crippen molar-refractivity contribution < 1.29 is 14.3 Å². The lowest BCUT2D eigenvalue weighted by atomic mass is 10.1. The third kappa shape index (κ3) is 3.73. The van der Waals surface area contributed by atoms with Crippen molar-refractivity contribution >= 4 is 29.1 Å². The molecule has 0 spiro atoms. The normalized spacial score (nSPS) is 17.5. The maximum atomic E-state index is 12.1. The highest BCUT2D eigenvalue weighted by Gasteiger charge is 2.25. The van der Waals surface area contributed by atoms with Crippen molar-refractivity contribution in [2.75, 3.05) is 25.0 Å². The van der Waals surface area contributed by atoms with Crippen LogP contribution in [0.2, 0.25) is 0 Å². The van der Waals surface area contributed by atoms with E-state index in [0.29, 0.717) is 36.7 Å². The molecule has 2 aromatic heterocycles. The van der Waals surface area contributed by atoms with Crippen LogP contribution in [0.1, 0.15) is 19.8 Å². The number of fused-ring (bicyclic) bond motifs is 1. The van der Waals surface area contributed by atoms with Crippen LogP contribution < -0.4 is 10.6 Å². The number of nitrogens with zero attached hydrogens (tertiary/aromatic N) is 3. The number of hydrogen-bond donors (Lipinski definition) is 3. The van der Waals surface area contributed by atoms with Crippen LogP contribution in [0, 0.1) is 0 Å². The Bertz CT molecular complexity index is 731. The molecular weight excluding hydrogens is 312 g/mol. The van der Waals surface area contributed by atoms with Crippen LogP contribution in [0.3, 0.4) is 0 Å². The topological polar surface area (TPSA) is 112 Å². The van der Waals surface area contributed by atoms with E-state index in [2.05, 4.69) is 25.6 Å². The number of aromatic amines is 1. The van der Waals surface area contributed by atoms with E-state index in [4.69, 9.17) is 4.74 Å². The number of likely N-dealkylation sites (tertiary alicyclic amines) is 1. The van der Waals surface area contributed by atoms with Gasteiger partial charge in [0.15, 0.2) is 11.5 Å². The summed E-state index contributed by atoms with van der Waals surface area (Å²) in [5, 5.41) is 5.53. The number of urea groups is 1. The number of ether oxygens (including phenoxy) is 1. The number of aromatic nitrogens is 3. The third-order valence-electron chi connectivity index (χ3n) is 3.78. The maximum absolute atomic E-state index is 12.1. The Balaban J connectivity index is 1.54. The number of piperidine rings is 1. The molecule has 3 rings (SSSR count). The number of carbonyl (C=O) groups excluding carboxylic acids is 2. The quantitative estimate of drug-likeness (QED) is 0.792. The van der Waals surface area contributed by atoms with Crippen molar-refractivity contribution in [2.24, 2.45) is 0 Å². The highest BCUT2D eigenvalue weighted by Crippen LogP contribution is 2.13. The molecule has 24 heavy (non-hydrogen) atoms. The van der Waals surface area contributed by atoms with Crippen LogP contribution in [0.4, 0.5) is 15.4 Å². The molecule has 128 valence electrons. The monoisotopic (exact) mass is 332 g/mol. The Morgan fingerprint density at radius 2 is 2.38 bits per heavy atom. The zero-order valence-electron chi connectivity index (χ0n) is 13.4. The molecule has 0 aromatic carbocycles. The van der Waals surface area contributed by atoms with Crippen LogP contribution in [0.5, 0.6) is 0 Å². The second-order valence-corrected chi connectivity index (χ2v) is 5.55. The van der Waals surface area contributed by atoms with E-state index in [9.17, 15) is 9.59 Å². The minimum Gasteiger partial charge on any atom is -0.450 e. The summed E-state index contributed by atoms with van der Waals surface area (Å²) in [5.41, 5.74) is 1.34. The summed E-state index contributed by atoms with van der Waals surface area (Å²) >= 11 is 0. The minimum atomic E-state index is -0.366. The van der Waals surface area contributed by atoms with Gasteiger partial charge in [-0.2, -0.15) is 0 Å². The van der Waals surface area contributed by atoms with Crippen molar-refractivity contribution in [3.63, 3.8) is 0 Å². The van der Waals surface area contributed by atoms with Gasteiger partial charge in [0, 0.05) is 25.3 Å². The lowest BCUT2D eigenvalue weighted by molar-refractivity contribution is 0.0937. The lowest BCUT2D eigenvalue weighted by Crippen LogP contribution is -2.50. The first-order chi connectivity index (χ1) is 11.7. The molecular formula is C15H20N6O3. The van der Waals surface area contributed by atoms with Gasteiger partial charge in [0.05, 0.1) is 12.8 Å². The number of carbonyl (C=O) groups is 2. The average Bonchev–Trinajstić information content (AvgIpc) is 3.03. The molecule has 2 aromatic rings. The summed E-state index contributed by atoms with van der Waals surface area (Å²) in [6, 6.07) is 1.30. The van der Waals surface area contributed by atoms with Crippen molar-refractivity contribution in [3.8, 4) is 0 Å². The van der Waals surface area contributed by atoms with E-state index < -0.39 is 0 Å². The van der Waals surface area contributed by atoms with E-state index in [1.165, 1.54) is 6.20 Å². The van der Waals surface area contributed by atoms with Crippen molar-refractivity contribution in [1.29, 1.82) is 0 Å². The van der Waals surface area contributed by atoms with Crippen LogP contribution >= 0.6 is 0 Å². The summed E-state index contributed by atoms with van der Waals surface area (Å²) in [4.78, 5) is 36.9. The van der Waals surface area contributed by atoms with Crippen LogP contribution in [-0.2, 0) is 4.74 Å². The summed E-state index contributed by atoms with van der Waals surface area (Å²) in [5.74, 6) is 0.373. The Labute approximate surface area is 138 Å². The number of rotatable bonds is 3. The van der Waals surface area contributed by atoms with Gasteiger partial charge in [0.25, 0.3) is 0 Å². The molecule has 0 aliphatic carbocycles. The van der Waals surface area contributed by atoms with Crippen LogP contribution in [0.25, 0.3) is 11.2 Å². The van der Waals surface area contributed by atoms with Gasteiger partial charge in [-0.15, -0.1) is 0 Å². The van der Waals surface area contributed by atoms with E-state index >= 15 is 0 Å². The molecule has 1 unspecified atom stereocenters. The minimum absolute atomic E-state index is 0.118. The molecule has 1 atom stereocenters. The van der Waals surface area contributed by atoms with E-state index in [0.717, 1.165) is 12.8 Å². The fourth-order valence-electron chi connectivity index (χ4n) is 2.70. The van der Waals surface area contributed by atoms with Gasteiger partial charge in [-0.3, -0.25) is 5.32 Å². The number of amides is 3. The fourth-order valence-corrected chi connectivity index (χ4v) is 2.70. The standard InChI is InChI=1S/C15H20N6O3/c1-2-24-15(23)21-7-3-4-10(9-21)18-14(22)20-12-8-17-13-11(19-12)5-6-16-13/h5-6,8,10H,2-4,7,9H2,1H3,(H,16,17)(H2,18,19,20,22). The molecule has 3 amide bonds. The van der Waals surface area contributed by atoms with Gasteiger partial charge in [0.2, 0.25) is 0 Å². The average molecular weight is 332 g/mol. The maximum Gasteiger partial charge on any atom is 0.409 e. The van der Waals surface area contributed by atoms with E-state index in [1.54, 1.807) is 24.1 Å². The Kier molecular flexibility index (Phi) is 4.78. The molecule has 0 radical (unpaired) electrons. The smallest absolute Gasteiger partial charge is 0.409 e. The van der Waals surface area contributed by atoms with Crippen LogP contribution in [0.15, 0.2) is 18.5 Å².